The number of carbonyl (C=O) groups is 2. The number of para-hydroxylation sites is 2. The van der Waals surface area contributed by atoms with Crippen molar-refractivity contribution in [2.45, 2.75) is 44.9 Å². The minimum absolute atomic E-state index is 0.0804. The molecule has 31 heavy (non-hydrogen) atoms. The number of benzene rings is 1. The molecule has 1 aromatic carbocycles. The molecule has 7 heteroatoms. The first kappa shape index (κ1) is 21.2. The molecule has 0 unspecified atom stereocenters. The number of amides is 2. The molecule has 1 fully saturated rings. The van der Waals surface area contributed by atoms with E-state index in [2.05, 4.69) is 10.3 Å². The Balaban J connectivity index is 1.30. The second-order valence-corrected chi connectivity index (χ2v) is 8.07. The van der Waals surface area contributed by atoms with Crippen molar-refractivity contribution in [3.8, 4) is 11.5 Å². The maximum Gasteiger partial charge on any atom is 0.227 e. The summed E-state index contributed by atoms with van der Waals surface area (Å²) in [6.07, 6.45) is 8.02. The van der Waals surface area contributed by atoms with Gasteiger partial charge in [-0.2, -0.15) is 0 Å². The van der Waals surface area contributed by atoms with E-state index in [0.29, 0.717) is 43.0 Å². The highest BCUT2D eigenvalue weighted by Crippen LogP contribution is 2.31. The molecule has 0 saturated heterocycles. The van der Waals surface area contributed by atoms with Crippen molar-refractivity contribution in [1.82, 2.24) is 4.98 Å². The average Bonchev–Trinajstić information content (AvgIpc) is 2.82. The van der Waals surface area contributed by atoms with E-state index in [-0.39, 0.29) is 24.7 Å². The van der Waals surface area contributed by atoms with Crippen LogP contribution in [0.15, 0.2) is 42.6 Å². The molecule has 1 aliphatic carbocycles. The van der Waals surface area contributed by atoms with Crippen LogP contribution in [0.4, 0.5) is 11.5 Å². The minimum atomic E-state index is -0.254. The summed E-state index contributed by atoms with van der Waals surface area (Å²) in [4.78, 5) is 31.2. The number of anilines is 2. The fourth-order valence-corrected chi connectivity index (χ4v) is 4.14. The third-order valence-electron chi connectivity index (χ3n) is 5.82. The van der Waals surface area contributed by atoms with E-state index in [9.17, 15) is 9.59 Å². The van der Waals surface area contributed by atoms with Gasteiger partial charge in [-0.3, -0.25) is 9.59 Å². The predicted molar refractivity (Wildman–Crippen MR) is 118 cm³/mol. The summed E-state index contributed by atoms with van der Waals surface area (Å²) < 4.78 is 11.6. The number of nitrogens with one attached hydrogen (secondary N) is 1. The third-order valence-corrected chi connectivity index (χ3v) is 5.82. The molecule has 1 saturated carbocycles. The first-order valence-electron chi connectivity index (χ1n) is 11.1. The topological polar surface area (TPSA) is 80.8 Å². The molecular weight excluding hydrogens is 394 g/mol. The summed E-state index contributed by atoms with van der Waals surface area (Å²) in [6, 6.07) is 11.1. The van der Waals surface area contributed by atoms with Crippen LogP contribution in [-0.2, 0) is 9.59 Å². The zero-order valence-electron chi connectivity index (χ0n) is 17.7. The van der Waals surface area contributed by atoms with Gasteiger partial charge < -0.3 is 19.7 Å². The molecule has 2 aromatic rings. The highest BCUT2D eigenvalue weighted by molar-refractivity contribution is 5.99. The Kier molecular flexibility index (Phi) is 7.02. The van der Waals surface area contributed by atoms with Crippen molar-refractivity contribution in [3.05, 3.63) is 42.6 Å². The molecule has 4 rings (SSSR count). The lowest BCUT2D eigenvalue weighted by molar-refractivity contribution is -0.122. The summed E-state index contributed by atoms with van der Waals surface area (Å²) in [5.74, 6) is 1.89. The summed E-state index contributed by atoms with van der Waals surface area (Å²) >= 11 is 0. The zero-order chi connectivity index (χ0) is 21.5. The third kappa shape index (κ3) is 5.54. The Morgan fingerprint density at radius 3 is 2.81 bits per heavy atom. The van der Waals surface area contributed by atoms with Crippen LogP contribution in [0.3, 0.4) is 0 Å². The molecule has 1 N–H and O–H groups in total. The van der Waals surface area contributed by atoms with Crippen molar-refractivity contribution in [1.29, 1.82) is 0 Å². The second-order valence-electron chi connectivity index (χ2n) is 8.07. The molecule has 2 amide bonds. The Morgan fingerprint density at radius 2 is 1.94 bits per heavy atom. The maximum atomic E-state index is 12.7. The molecule has 1 aliphatic heterocycles. The highest BCUT2D eigenvalue weighted by Gasteiger charge is 2.24. The van der Waals surface area contributed by atoms with E-state index in [1.807, 2.05) is 30.3 Å². The second kappa shape index (κ2) is 10.3. The van der Waals surface area contributed by atoms with Crippen molar-refractivity contribution in [2.75, 3.05) is 30.0 Å². The van der Waals surface area contributed by atoms with E-state index in [1.54, 1.807) is 17.2 Å². The van der Waals surface area contributed by atoms with E-state index < -0.39 is 0 Å². The van der Waals surface area contributed by atoms with Gasteiger partial charge in [-0.1, -0.05) is 31.4 Å². The molecule has 0 spiro atoms. The fourth-order valence-electron chi connectivity index (χ4n) is 4.14. The van der Waals surface area contributed by atoms with Crippen molar-refractivity contribution in [3.63, 3.8) is 0 Å². The molecule has 7 nitrogen and oxygen atoms in total. The number of ether oxygens (including phenoxy) is 2. The SMILES string of the molecule is O=C(CCC(=O)N1CCOc2ccccc21)Nc1ncccc1OCC1CCCCC1. The van der Waals surface area contributed by atoms with Gasteiger partial charge in [0.1, 0.15) is 12.4 Å². The molecule has 1 aromatic heterocycles. The smallest absolute Gasteiger partial charge is 0.227 e. The largest absolute Gasteiger partial charge is 0.490 e. The van der Waals surface area contributed by atoms with Gasteiger partial charge in [0.2, 0.25) is 11.8 Å². The van der Waals surface area contributed by atoms with Gasteiger partial charge >= 0.3 is 0 Å². The van der Waals surface area contributed by atoms with Gasteiger partial charge in [0.15, 0.2) is 11.6 Å². The Morgan fingerprint density at radius 1 is 1.10 bits per heavy atom. The standard InChI is InChI=1S/C24H29N3O4/c28-22(12-13-23(29)27-15-16-30-20-10-5-4-9-19(20)27)26-24-21(11-6-14-25-24)31-17-18-7-2-1-3-8-18/h4-6,9-11,14,18H,1-3,7-8,12-13,15-17H2,(H,25,26,28). The zero-order valence-corrected chi connectivity index (χ0v) is 17.7. The van der Waals surface area contributed by atoms with Crippen molar-refractivity contribution < 1.29 is 19.1 Å². The number of fused-ring (bicyclic) bond motifs is 1. The van der Waals surface area contributed by atoms with E-state index in [4.69, 9.17) is 9.47 Å². The molecule has 2 aliphatic rings. The summed E-state index contributed by atoms with van der Waals surface area (Å²) in [5, 5.41) is 2.81. The van der Waals surface area contributed by atoms with Gasteiger partial charge in [-0.05, 0) is 43.0 Å². The predicted octanol–water partition coefficient (Wildman–Crippen LogP) is 4.19. The van der Waals surface area contributed by atoms with Gasteiger partial charge in [-0.25, -0.2) is 4.98 Å². The first-order valence-corrected chi connectivity index (χ1v) is 11.1. The van der Waals surface area contributed by atoms with E-state index >= 15 is 0 Å². The van der Waals surface area contributed by atoms with Crippen LogP contribution in [-0.4, -0.2) is 36.6 Å². The number of nitrogens with zero attached hydrogens (tertiary/aromatic N) is 2. The maximum absolute atomic E-state index is 12.7. The first-order chi connectivity index (χ1) is 15.2. The lowest BCUT2D eigenvalue weighted by Gasteiger charge is -2.29. The molecule has 2 heterocycles. The number of hydrogen-bond acceptors (Lipinski definition) is 5. The lowest BCUT2D eigenvalue weighted by Crippen LogP contribution is -2.38. The van der Waals surface area contributed by atoms with Gasteiger partial charge in [0.25, 0.3) is 0 Å². The molecule has 164 valence electrons. The summed E-state index contributed by atoms with van der Waals surface area (Å²) in [5.41, 5.74) is 0.752. The quantitative estimate of drug-likeness (QED) is 0.722. The fraction of sp³-hybridized carbons (Fsp3) is 0.458. The number of aromatic nitrogens is 1. The lowest BCUT2D eigenvalue weighted by atomic mass is 9.90. The van der Waals surface area contributed by atoms with Crippen LogP contribution < -0.4 is 19.7 Å². The Labute approximate surface area is 182 Å². The van der Waals surface area contributed by atoms with Crippen LogP contribution in [0.1, 0.15) is 44.9 Å². The number of carbonyl (C=O) groups excluding carboxylic acids is 2. The Hall–Kier alpha value is -3.09. The van der Waals surface area contributed by atoms with Crippen LogP contribution >= 0.6 is 0 Å². The minimum Gasteiger partial charge on any atom is -0.490 e. The summed E-state index contributed by atoms with van der Waals surface area (Å²) in [6.45, 7) is 1.57. The Bertz CT molecular complexity index is 911. The van der Waals surface area contributed by atoms with Crippen molar-refractivity contribution in [2.24, 2.45) is 5.92 Å². The van der Waals surface area contributed by atoms with E-state index in [0.717, 1.165) is 5.69 Å². The van der Waals surface area contributed by atoms with Crippen LogP contribution in [0.5, 0.6) is 11.5 Å². The number of hydrogen-bond donors (Lipinski definition) is 1. The van der Waals surface area contributed by atoms with Crippen LogP contribution in [0, 0.1) is 5.92 Å². The van der Waals surface area contributed by atoms with Crippen molar-refractivity contribution >= 4 is 23.3 Å². The van der Waals surface area contributed by atoms with Gasteiger partial charge in [0.05, 0.1) is 18.8 Å². The van der Waals surface area contributed by atoms with Crippen LogP contribution in [0.25, 0.3) is 0 Å². The molecule has 0 atom stereocenters. The number of rotatable bonds is 7. The van der Waals surface area contributed by atoms with Gasteiger partial charge in [0, 0.05) is 19.0 Å². The van der Waals surface area contributed by atoms with Crippen LogP contribution in [0.2, 0.25) is 0 Å². The summed E-state index contributed by atoms with van der Waals surface area (Å²) in [7, 11) is 0. The molecular formula is C24H29N3O4. The van der Waals surface area contributed by atoms with Gasteiger partial charge in [-0.15, -0.1) is 0 Å². The average molecular weight is 424 g/mol. The monoisotopic (exact) mass is 423 g/mol. The normalized spacial score (nSPS) is 16.2. The molecule has 0 bridgehead atoms. The molecule has 0 radical (unpaired) electrons. The number of pyridine rings is 1. The van der Waals surface area contributed by atoms with E-state index in [1.165, 1.54) is 32.1 Å². The highest BCUT2D eigenvalue weighted by atomic mass is 16.5.